The highest BCUT2D eigenvalue weighted by molar-refractivity contribution is 5.92. The van der Waals surface area contributed by atoms with Crippen LogP contribution < -0.4 is 16.0 Å². The maximum atomic E-state index is 12.6. The lowest BCUT2D eigenvalue weighted by Gasteiger charge is -2.55. The van der Waals surface area contributed by atoms with Crippen LogP contribution in [0.3, 0.4) is 0 Å². The number of hydrogen-bond donors (Lipinski definition) is 2. The van der Waals surface area contributed by atoms with Crippen LogP contribution in [0.4, 0.5) is 0 Å². The van der Waals surface area contributed by atoms with E-state index in [0.717, 1.165) is 48.7 Å². The summed E-state index contributed by atoms with van der Waals surface area (Å²) in [5.74, 6) is 1.42. The molecule has 2 aromatic rings. The molecular formula is C26H33N3O3. The molecule has 3 atom stereocenters. The minimum Gasteiger partial charge on any atom is -0.497 e. The molecule has 6 heteroatoms. The van der Waals surface area contributed by atoms with E-state index in [1.165, 1.54) is 30.5 Å². The van der Waals surface area contributed by atoms with Crippen molar-refractivity contribution in [3.05, 3.63) is 62.6 Å². The lowest BCUT2D eigenvalue weighted by Crippen LogP contribution is -2.59. The van der Waals surface area contributed by atoms with Gasteiger partial charge in [-0.25, -0.2) is 0 Å². The average molecular weight is 436 g/mol. The van der Waals surface area contributed by atoms with E-state index in [4.69, 9.17) is 10.5 Å². The molecule has 2 aliphatic carbocycles. The molecule has 3 N–H and O–H groups in total. The molecule has 32 heavy (non-hydrogen) atoms. The van der Waals surface area contributed by atoms with Crippen molar-refractivity contribution in [2.24, 2.45) is 17.6 Å². The van der Waals surface area contributed by atoms with Gasteiger partial charge in [0.1, 0.15) is 11.3 Å². The number of H-pyrrole nitrogens is 1. The van der Waals surface area contributed by atoms with Crippen molar-refractivity contribution < 1.29 is 9.53 Å². The smallest absolute Gasteiger partial charge is 0.261 e. The summed E-state index contributed by atoms with van der Waals surface area (Å²) in [5.41, 5.74) is 9.66. The second kappa shape index (κ2) is 7.77. The molecule has 0 spiro atoms. The number of aromatic nitrogens is 1. The number of pyridine rings is 1. The lowest BCUT2D eigenvalue weighted by atomic mass is 9.55. The van der Waals surface area contributed by atoms with Gasteiger partial charge < -0.3 is 20.4 Å². The first kappa shape index (κ1) is 21.3. The first-order valence-electron chi connectivity index (χ1n) is 11.8. The third-order valence-corrected chi connectivity index (χ3v) is 8.30. The fourth-order valence-corrected chi connectivity index (χ4v) is 6.30. The average Bonchev–Trinajstić information content (AvgIpc) is 3.59. The molecule has 3 aliphatic rings. The number of hydrogen-bond acceptors (Lipinski definition) is 4. The van der Waals surface area contributed by atoms with Crippen molar-refractivity contribution in [2.45, 2.75) is 57.4 Å². The molecule has 2 heterocycles. The number of ether oxygens (including phenoxy) is 1. The van der Waals surface area contributed by atoms with Crippen LogP contribution in [0.1, 0.15) is 58.9 Å². The topological polar surface area (TPSA) is 88.4 Å². The lowest BCUT2D eigenvalue weighted by molar-refractivity contribution is 0.0246. The normalized spacial score (nSPS) is 27.5. The highest BCUT2D eigenvalue weighted by atomic mass is 16.5. The Morgan fingerprint density at radius 3 is 2.78 bits per heavy atom. The van der Waals surface area contributed by atoms with Crippen molar-refractivity contribution in [3.8, 4) is 5.75 Å². The number of rotatable bonds is 5. The Morgan fingerprint density at radius 2 is 2.09 bits per heavy atom. The number of aryl methyl sites for hydroxylation is 1. The fourth-order valence-electron chi connectivity index (χ4n) is 6.30. The standard InChI is InChI=1S/C26H33N3O3/c1-15-4-7-19(32-3)12-21(15)26-8-9-29(14-17-5-6-17)16(2)22(26)11-18-10-20(24(27)30)25(31)28-23(18)13-26/h4,7,10,12,16-17,22H,5-6,8-9,11,13-14H2,1-3H3,(H2,27,30)(H,28,31)/t16-,22+,26-/m1/s1. The number of carbonyl (C=O) groups excluding carboxylic acids is 1. The number of benzene rings is 1. The van der Waals surface area contributed by atoms with E-state index in [-0.39, 0.29) is 16.5 Å². The Kier molecular flexibility index (Phi) is 5.16. The largest absolute Gasteiger partial charge is 0.497 e. The van der Waals surface area contributed by atoms with Crippen LogP contribution in [0.5, 0.6) is 5.75 Å². The fraction of sp³-hybridized carbons (Fsp3) is 0.538. The molecule has 1 saturated carbocycles. The van der Waals surface area contributed by atoms with E-state index < -0.39 is 5.91 Å². The maximum absolute atomic E-state index is 12.6. The molecule has 1 aromatic carbocycles. The number of nitrogens with one attached hydrogen (secondary N) is 1. The summed E-state index contributed by atoms with van der Waals surface area (Å²) >= 11 is 0. The first-order chi connectivity index (χ1) is 15.3. The van der Waals surface area contributed by atoms with Crippen molar-refractivity contribution in [2.75, 3.05) is 20.2 Å². The number of likely N-dealkylation sites (tertiary alicyclic amines) is 1. The summed E-state index contributed by atoms with van der Waals surface area (Å²) in [7, 11) is 1.71. The quantitative estimate of drug-likeness (QED) is 0.756. The van der Waals surface area contributed by atoms with Crippen LogP contribution in [0.15, 0.2) is 29.1 Å². The SMILES string of the molecule is COc1ccc(C)c([C@]23CCN(CC4CC4)[C@H](C)[C@@H]2Cc2cc(C(N)=O)c(=O)[nH]c2C3)c1. The summed E-state index contributed by atoms with van der Waals surface area (Å²) in [6.45, 7) is 6.78. The van der Waals surface area contributed by atoms with E-state index in [0.29, 0.717) is 12.0 Å². The molecule has 6 nitrogen and oxygen atoms in total. The molecule has 2 fully saturated rings. The number of nitrogens with zero attached hydrogens (tertiary/aromatic N) is 1. The molecule has 5 rings (SSSR count). The molecule has 1 aliphatic heterocycles. The highest BCUT2D eigenvalue weighted by Crippen LogP contribution is 2.51. The number of nitrogens with two attached hydrogens (primary N) is 1. The Bertz CT molecular complexity index is 1120. The van der Waals surface area contributed by atoms with Gasteiger partial charge in [-0.2, -0.15) is 0 Å². The van der Waals surface area contributed by atoms with Gasteiger partial charge in [-0.3, -0.25) is 9.59 Å². The number of primary amides is 1. The predicted molar refractivity (Wildman–Crippen MR) is 124 cm³/mol. The number of fused-ring (bicyclic) bond motifs is 2. The summed E-state index contributed by atoms with van der Waals surface area (Å²) in [6.07, 6.45) is 5.32. The van der Waals surface area contributed by atoms with Gasteiger partial charge in [0.25, 0.3) is 11.5 Å². The van der Waals surface area contributed by atoms with E-state index in [2.05, 4.69) is 35.9 Å². The summed E-state index contributed by atoms with van der Waals surface area (Å²) < 4.78 is 5.60. The zero-order valence-electron chi connectivity index (χ0n) is 19.2. The van der Waals surface area contributed by atoms with Crippen LogP contribution in [0.25, 0.3) is 0 Å². The van der Waals surface area contributed by atoms with Crippen molar-refractivity contribution in [1.82, 2.24) is 9.88 Å². The molecule has 1 saturated heterocycles. The highest BCUT2D eigenvalue weighted by Gasteiger charge is 2.51. The Balaban J connectivity index is 1.64. The first-order valence-corrected chi connectivity index (χ1v) is 11.8. The maximum Gasteiger partial charge on any atom is 0.261 e. The molecular weight excluding hydrogens is 402 g/mol. The summed E-state index contributed by atoms with van der Waals surface area (Å²) in [5, 5.41) is 0. The molecule has 0 radical (unpaired) electrons. The molecule has 1 amide bonds. The van der Waals surface area contributed by atoms with E-state index >= 15 is 0 Å². The number of carbonyl (C=O) groups is 1. The van der Waals surface area contributed by atoms with Crippen molar-refractivity contribution in [1.29, 1.82) is 0 Å². The molecule has 0 bridgehead atoms. The van der Waals surface area contributed by atoms with Gasteiger partial charge in [-0.15, -0.1) is 0 Å². The Labute approximate surface area is 189 Å². The molecule has 170 valence electrons. The number of aromatic amines is 1. The zero-order valence-corrected chi connectivity index (χ0v) is 19.2. The number of methoxy groups -OCH3 is 1. The zero-order chi connectivity index (χ0) is 22.6. The van der Waals surface area contributed by atoms with E-state index in [1.54, 1.807) is 13.2 Å². The van der Waals surface area contributed by atoms with Crippen LogP contribution in [0.2, 0.25) is 0 Å². The van der Waals surface area contributed by atoms with E-state index in [1.807, 2.05) is 6.07 Å². The van der Waals surface area contributed by atoms with Gasteiger partial charge in [0.15, 0.2) is 0 Å². The third kappa shape index (κ3) is 3.45. The van der Waals surface area contributed by atoms with E-state index in [9.17, 15) is 9.59 Å². The molecule has 1 aromatic heterocycles. The van der Waals surface area contributed by atoms with Gasteiger partial charge in [-0.05, 0) is 99.2 Å². The van der Waals surface area contributed by atoms with Crippen molar-refractivity contribution >= 4 is 5.91 Å². The van der Waals surface area contributed by atoms with Crippen LogP contribution >= 0.6 is 0 Å². The predicted octanol–water partition coefficient (Wildman–Crippen LogP) is 2.95. The van der Waals surface area contributed by atoms with Gasteiger partial charge in [0.2, 0.25) is 0 Å². The second-order valence-electron chi connectivity index (χ2n) is 10.1. The second-order valence-corrected chi connectivity index (χ2v) is 10.1. The number of piperidine rings is 1. The monoisotopic (exact) mass is 435 g/mol. The number of amides is 1. The minimum absolute atomic E-state index is 0.0621. The summed E-state index contributed by atoms with van der Waals surface area (Å²) in [6, 6.07) is 8.52. The minimum atomic E-state index is -0.665. The third-order valence-electron chi connectivity index (χ3n) is 8.30. The van der Waals surface area contributed by atoms with Crippen LogP contribution in [0, 0.1) is 18.8 Å². The Morgan fingerprint density at radius 1 is 1.31 bits per heavy atom. The van der Waals surface area contributed by atoms with Crippen LogP contribution in [-0.2, 0) is 18.3 Å². The summed E-state index contributed by atoms with van der Waals surface area (Å²) in [4.78, 5) is 30.1. The molecule has 0 unspecified atom stereocenters. The Hall–Kier alpha value is -2.60. The van der Waals surface area contributed by atoms with Gasteiger partial charge in [0.05, 0.1) is 7.11 Å². The van der Waals surface area contributed by atoms with Gasteiger partial charge >= 0.3 is 0 Å². The van der Waals surface area contributed by atoms with Gasteiger partial charge in [0, 0.05) is 23.7 Å². The van der Waals surface area contributed by atoms with Gasteiger partial charge in [-0.1, -0.05) is 6.07 Å². The van der Waals surface area contributed by atoms with Crippen LogP contribution in [-0.4, -0.2) is 42.0 Å². The van der Waals surface area contributed by atoms with Crippen molar-refractivity contribution in [3.63, 3.8) is 0 Å².